The Balaban J connectivity index is 1.79. The molecule has 0 saturated carbocycles. The fourth-order valence-electron chi connectivity index (χ4n) is 4.08. The minimum Gasteiger partial charge on any atom is -0.382 e. The molecule has 2 aliphatic rings. The molecule has 1 aliphatic heterocycles. The molecule has 0 radical (unpaired) electrons. The van der Waals surface area contributed by atoms with Gasteiger partial charge in [0, 0.05) is 20.1 Å². The molecule has 3 atom stereocenters. The Morgan fingerprint density at radius 1 is 1.00 bits per heavy atom. The Morgan fingerprint density at radius 3 is 2.35 bits per heavy atom. The summed E-state index contributed by atoms with van der Waals surface area (Å²) in [5.41, 5.74) is 6.75. The van der Waals surface area contributed by atoms with Crippen LogP contribution < -0.4 is 0 Å². The second-order valence-corrected chi connectivity index (χ2v) is 7.32. The number of benzene rings is 1. The highest BCUT2D eigenvalue weighted by atomic mass is 16.5. The number of ether oxygens (including phenoxy) is 5. The molecule has 1 aliphatic carbocycles. The van der Waals surface area contributed by atoms with Crippen LogP contribution in [-0.2, 0) is 49.7 Å². The topological polar surface area (TPSA) is 46.2 Å². The summed E-state index contributed by atoms with van der Waals surface area (Å²) < 4.78 is 27.8. The first-order chi connectivity index (χ1) is 12.7. The average molecular weight is 364 g/mol. The normalized spacial score (nSPS) is 24.1. The van der Waals surface area contributed by atoms with Crippen molar-refractivity contribution in [2.24, 2.45) is 5.92 Å². The minimum atomic E-state index is 0.368. The van der Waals surface area contributed by atoms with Crippen molar-refractivity contribution >= 4 is 0 Å². The van der Waals surface area contributed by atoms with Gasteiger partial charge < -0.3 is 23.7 Å². The Morgan fingerprint density at radius 2 is 1.69 bits per heavy atom. The molecular weight excluding hydrogens is 332 g/mol. The van der Waals surface area contributed by atoms with Crippen LogP contribution in [0.3, 0.4) is 0 Å². The van der Waals surface area contributed by atoms with E-state index in [2.05, 4.69) is 19.9 Å². The van der Waals surface area contributed by atoms with Crippen LogP contribution in [0, 0.1) is 12.8 Å². The van der Waals surface area contributed by atoms with Gasteiger partial charge in [-0.3, -0.25) is 0 Å². The quantitative estimate of drug-likeness (QED) is 0.598. The predicted octanol–water partition coefficient (Wildman–Crippen LogP) is 2.82. The van der Waals surface area contributed by atoms with Crippen LogP contribution in [0.1, 0.15) is 34.7 Å². The molecule has 0 N–H and O–H groups in total. The molecule has 0 aromatic heterocycles. The van der Waals surface area contributed by atoms with Gasteiger partial charge in [0.05, 0.1) is 51.8 Å². The SMILES string of the molecule is COCCOCc1cc2c(c(COCCOC)c1C)CC1C(C)OC1C2. The van der Waals surface area contributed by atoms with Crippen molar-refractivity contribution in [3.05, 3.63) is 33.9 Å². The highest BCUT2D eigenvalue weighted by Crippen LogP contribution is 2.41. The third-order valence-electron chi connectivity index (χ3n) is 5.73. The van der Waals surface area contributed by atoms with Crippen LogP contribution in [0.25, 0.3) is 0 Å². The molecule has 5 nitrogen and oxygen atoms in total. The van der Waals surface area contributed by atoms with E-state index in [-0.39, 0.29) is 0 Å². The van der Waals surface area contributed by atoms with E-state index in [1.54, 1.807) is 14.2 Å². The molecule has 3 unspecified atom stereocenters. The van der Waals surface area contributed by atoms with Gasteiger partial charge in [-0.15, -0.1) is 0 Å². The van der Waals surface area contributed by atoms with Gasteiger partial charge >= 0.3 is 0 Å². The summed E-state index contributed by atoms with van der Waals surface area (Å²) in [7, 11) is 3.39. The number of hydrogen-bond donors (Lipinski definition) is 0. The predicted molar refractivity (Wildman–Crippen MR) is 99.5 cm³/mol. The third kappa shape index (κ3) is 4.29. The zero-order valence-corrected chi connectivity index (χ0v) is 16.5. The molecule has 0 spiro atoms. The van der Waals surface area contributed by atoms with E-state index in [0.29, 0.717) is 57.8 Å². The maximum absolute atomic E-state index is 5.94. The summed E-state index contributed by atoms with van der Waals surface area (Å²) in [5, 5.41) is 0. The summed E-state index contributed by atoms with van der Waals surface area (Å²) in [6.45, 7) is 8.09. The lowest BCUT2D eigenvalue weighted by Crippen LogP contribution is -2.51. The van der Waals surface area contributed by atoms with Crippen molar-refractivity contribution < 1.29 is 23.7 Å². The fraction of sp³-hybridized carbons (Fsp3) is 0.714. The van der Waals surface area contributed by atoms with Crippen molar-refractivity contribution in [1.82, 2.24) is 0 Å². The Hall–Kier alpha value is -0.980. The lowest BCUT2D eigenvalue weighted by Gasteiger charge is -2.47. The first-order valence-corrected chi connectivity index (χ1v) is 9.57. The second-order valence-electron chi connectivity index (χ2n) is 7.32. The molecular formula is C21H32O5. The lowest BCUT2D eigenvalue weighted by atomic mass is 9.73. The number of hydrogen-bond acceptors (Lipinski definition) is 5. The van der Waals surface area contributed by atoms with Gasteiger partial charge in [-0.1, -0.05) is 6.07 Å². The molecule has 1 aromatic carbocycles. The summed E-state index contributed by atoms with van der Waals surface area (Å²) in [5.74, 6) is 0.642. The highest BCUT2D eigenvalue weighted by Gasteiger charge is 2.43. The van der Waals surface area contributed by atoms with Crippen LogP contribution in [0.5, 0.6) is 0 Å². The van der Waals surface area contributed by atoms with Crippen LogP contribution in [0.15, 0.2) is 6.07 Å². The standard InChI is InChI=1S/C21H32O5/c1-14-17(12-24-7-5-22-3)9-16-10-21-18(15(2)26-21)11-19(16)20(14)13-25-8-6-23-4/h9,15,18,21H,5-8,10-13H2,1-4H3. The Labute approximate surface area is 156 Å². The average Bonchev–Trinajstić information content (AvgIpc) is 2.63. The molecule has 1 saturated heterocycles. The van der Waals surface area contributed by atoms with E-state index in [0.717, 1.165) is 12.8 Å². The largest absolute Gasteiger partial charge is 0.382 e. The van der Waals surface area contributed by atoms with Crippen LogP contribution in [-0.4, -0.2) is 52.9 Å². The number of fused-ring (bicyclic) bond motifs is 2. The first-order valence-electron chi connectivity index (χ1n) is 9.57. The molecule has 26 heavy (non-hydrogen) atoms. The third-order valence-corrected chi connectivity index (χ3v) is 5.73. The molecule has 0 bridgehead atoms. The molecule has 0 amide bonds. The van der Waals surface area contributed by atoms with Crippen LogP contribution in [0.4, 0.5) is 0 Å². The molecule has 5 heteroatoms. The van der Waals surface area contributed by atoms with Crippen molar-refractivity contribution in [1.29, 1.82) is 0 Å². The van der Waals surface area contributed by atoms with Crippen molar-refractivity contribution in [2.45, 2.75) is 52.1 Å². The van der Waals surface area contributed by atoms with Crippen molar-refractivity contribution in [3.63, 3.8) is 0 Å². The van der Waals surface area contributed by atoms with Crippen LogP contribution in [0.2, 0.25) is 0 Å². The summed E-state index contributed by atoms with van der Waals surface area (Å²) in [6.07, 6.45) is 2.84. The Kier molecular flexibility index (Phi) is 7.06. The van der Waals surface area contributed by atoms with E-state index >= 15 is 0 Å². The van der Waals surface area contributed by atoms with E-state index in [4.69, 9.17) is 23.7 Å². The van der Waals surface area contributed by atoms with Gasteiger partial charge in [0.1, 0.15) is 0 Å². The van der Waals surface area contributed by atoms with E-state index in [1.807, 2.05) is 0 Å². The molecule has 1 fully saturated rings. The zero-order valence-electron chi connectivity index (χ0n) is 16.5. The molecule has 1 aromatic rings. The summed E-state index contributed by atoms with van der Waals surface area (Å²) >= 11 is 0. The summed E-state index contributed by atoms with van der Waals surface area (Å²) in [6, 6.07) is 2.32. The molecule has 146 valence electrons. The smallest absolute Gasteiger partial charge is 0.0723 e. The number of methoxy groups -OCH3 is 2. The maximum atomic E-state index is 5.94. The van der Waals surface area contributed by atoms with Crippen molar-refractivity contribution in [3.8, 4) is 0 Å². The monoisotopic (exact) mass is 364 g/mol. The van der Waals surface area contributed by atoms with Gasteiger partial charge in [0.15, 0.2) is 0 Å². The van der Waals surface area contributed by atoms with Gasteiger partial charge in [0.2, 0.25) is 0 Å². The van der Waals surface area contributed by atoms with E-state index < -0.39 is 0 Å². The van der Waals surface area contributed by atoms with E-state index in [1.165, 1.54) is 27.8 Å². The van der Waals surface area contributed by atoms with Crippen LogP contribution >= 0.6 is 0 Å². The first kappa shape index (κ1) is 19.8. The van der Waals surface area contributed by atoms with Gasteiger partial charge in [-0.2, -0.15) is 0 Å². The highest BCUT2D eigenvalue weighted by molar-refractivity contribution is 5.47. The van der Waals surface area contributed by atoms with Gasteiger partial charge in [0.25, 0.3) is 0 Å². The molecule has 1 heterocycles. The van der Waals surface area contributed by atoms with E-state index in [9.17, 15) is 0 Å². The minimum absolute atomic E-state index is 0.368. The molecule has 3 rings (SSSR count). The number of rotatable bonds is 10. The maximum Gasteiger partial charge on any atom is 0.0723 e. The zero-order chi connectivity index (χ0) is 18.5. The Bertz CT molecular complexity index is 601. The van der Waals surface area contributed by atoms with Gasteiger partial charge in [-0.25, -0.2) is 0 Å². The lowest BCUT2D eigenvalue weighted by molar-refractivity contribution is -0.177. The van der Waals surface area contributed by atoms with Crippen molar-refractivity contribution in [2.75, 3.05) is 40.6 Å². The summed E-state index contributed by atoms with van der Waals surface area (Å²) in [4.78, 5) is 0. The van der Waals surface area contributed by atoms with Gasteiger partial charge in [-0.05, 0) is 54.5 Å². The fourth-order valence-corrected chi connectivity index (χ4v) is 4.08. The second kappa shape index (κ2) is 9.29.